The smallest absolute Gasteiger partial charge is 0.186 e. The van der Waals surface area contributed by atoms with E-state index < -0.39 is 5.92 Å². The number of aromatic hydroxyl groups is 1. The van der Waals surface area contributed by atoms with Gasteiger partial charge in [-0.1, -0.05) is 17.8 Å². The van der Waals surface area contributed by atoms with E-state index >= 15 is 0 Å². The summed E-state index contributed by atoms with van der Waals surface area (Å²) in [4.78, 5) is 17.1. The molecule has 1 aliphatic heterocycles. The number of benzene rings is 1. The zero-order chi connectivity index (χ0) is 15.0. The molecule has 0 aliphatic carbocycles. The summed E-state index contributed by atoms with van der Waals surface area (Å²) < 4.78 is 0.568. The van der Waals surface area contributed by atoms with Crippen LogP contribution in [0.3, 0.4) is 0 Å². The number of halogens is 1. The summed E-state index contributed by atoms with van der Waals surface area (Å²) >= 11 is 5.80. The SMILES string of the molecule is N=C1S/C(=C\c2ccc(O)c(Br)c2)C(=O)[C@@H]1c1nccs1. The summed E-state index contributed by atoms with van der Waals surface area (Å²) in [5, 5.41) is 20.3. The molecular weight excluding hydrogens is 372 g/mol. The predicted octanol–water partition coefficient (Wildman–Crippen LogP) is 4.03. The second-order valence-electron chi connectivity index (χ2n) is 4.35. The third-order valence-electron chi connectivity index (χ3n) is 2.96. The van der Waals surface area contributed by atoms with Crippen molar-refractivity contribution in [2.45, 2.75) is 5.92 Å². The topological polar surface area (TPSA) is 74.0 Å². The van der Waals surface area contributed by atoms with Crippen LogP contribution in [0, 0.1) is 5.41 Å². The number of aromatic nitrogens is 1. The first kappa shape index (κ1) is 14.5. The van der Waals surface area contributed by atoms with Gasteiger partial charge in [-0.3, -0.25) is 10.2 Å². The first-order valence-electron chi connectivity index (χ1n) is 5.96. The van der Waals surface area contributed by atoms with Crippen LogP contribution in [0.5, 0.6) is 5.75 Å². The minimum Gasteiger partial charge on any atom is -0.507 e. The Morgan fingerprint density at radius 1 is 1.43 bits per heavy atom. The van der Waals surface area contributed by atoms with Crippen LogP contribution in [-0.2, 0) is 4.79 Å². The van der Waals surface area contributed by atoms with Crippen LogP contribution in [-0.4, -0.2) is 20.9 Å². The van der Waals surface area contributed by atoms with Crippen LogP contribution in [0.2, 0.25) is 0 Å². The maximum absolute atomic E-state index is 12.4. The minimum atomic E-state index is -0.568. The molecule has 0 unspecified atom stereocenters. The number of thiazole rings is 1. The number of Topliss-reactive ketones (excluding diaryl/α,β-unsaturated/α-hetero) is 1. The first-order valence-corrected chi connectivity index (χ1v) is 8.45. The third-order valence-corrected chi connectivity index (χ3v) is 5.43. The highest BCUT2D eigenvalue weighted by Crippen LogP contribution is 2.41. The van der Waals surface area contributed by atoms with E-state index in [1.165, 1.54) is 23.1 Å². The Balaban J connectivity index is 1.93. The maximum Gasteiger partial charge on any atom is 0.186 e. The van der Waals surface area contributed by atoms with Crippen molar-refractivity contribution in [1.82, 2.24) is 4.98 Å². The molecule has 0 saturated carbocycles. The molecule has 0 bridgehead atoms. The van der Waals surface area contributed by atoms with Gasteiger partial charge in [0, 0.05) is 11.6 Å². The second-order valence-corrected chi connectivity index (χ2v) is 7.22. The summed E-state index contributed by atoms with van der Waals surface area (Å²) in [5.74, 6) is -0.512. The first-order chi connectivity index (χ1) is 10.1. The van der Waals surface area contributed by atoms with E-state index in [-0.39, 0.29) is 11.5 Å². The molecule has 1 fully saturated rings. The number of nitrogens with zero attached hydrogens (tertiary/aromatic N) is 1. The van der Waals surface area contributed by atoms with Crippen LogP contribution < -0.4 is 0 Å². The van der Waals surface area contributed by atoms with Gasteiger partial charge in [0.05, 0.1) is 14.4 Å². The fourth-order valence-electron chi connectivity index (χ4n) is 1.96. The fourth-order valence-corrected chi connectivity index (χ4v) is 4.16. The standard InChI is InChI=1S/C14H9BrN2O2S2/c15-8-5-7(1-2-9(8)18)6-10-12(19)11(13(16)21-10)14-17-3-4-20-14/h1-6,11,16,18H/b10-6-,16-13?/t11-/m0/s1. The van der Waals surface area contributed by atoms with Gasteiger partial charge in [-0.05, 0) is 39.7 Å². The molecule has 1 atom stereocenters. The van der Waals surface area contributed by atoms with Crippen molar-refractivity contribution in [3.63, 3.8) is 0 Å². The maximum atomic E-state index is 12.4. The van der Waals surface area contributed by atoms with Gasteiger partial charge in [0.15, 0.2) is 5.78 Å². The molecule has 2 aromatic rings. The van der Waals surface area contributed by atoms with Crippen molar-refractivity contribution in [2.75, 3.05) is 0 Å². The van der Waals surface area contributed by atoms with Gasteiger partial charge < -0.3 is 5.11 Å². The van der Waals surface area contributed by atoms with Gasteiger partial charge in [0.1, 0.15) is 16.7 Å². The van der Waals surface area contributed by atoms with Crippen molar-refractivity contribution >= 4 is 55.9 Å². The molecule has 106 valence electrons. The van der Waals surface area contributed by atoms with Gasteiger partial charge in [-0.25, -0.2) is 4.98 Å². The average Bonchev–Trinajstić information content (AvgIpc) is 3.04. The number of allylic oxidation sites excluding steroid dienone is 1. The van der Waals surface area contributed by atoms with Gasteiger partial charge in [0.2, 0.25) is 0 Å². The number of hydrogen-bond donors (Lipinski definition) is 2. The Bertz CT molecular complexity index is 756. The predicted molar refractivity (Wildman–Crippen MR) is 89.0 cm³/mol. The number of carbonyl (C=O) groups is 1. The molecule has 1 saturated heterocycles. The van der Waals surface area contributed by atoms with Crippen LogP contribution in [0.4, 0.5) is 0 Å². The van der Waals surface area contributed by atoms with Crippen LogP contribution in [0.25, 0.3) is 6.08 Å². The van der Waals surface area contributed by atoms with Crippen molar-refractivity contribution in [3.8, 4) is 5.75 Å². The molecule has 4 nitrogen and oxygen atoms in total. The van der Waals surface area contributed by atoms with E-state index in [4.69, 9.17) is 5.41 Å². The molecule has 2 N–H and O–H groups in total. The van der Waals surface area contributed by atoms with Crippen LogP contribution in [0.1, 0.15) is 16.5 Å². The zero-order valence-corrected chi connectivity index (χ0v) is 13.8. The van der Waals surface area contributed by atoms with Gasteiger partial charge in [0.25, 0.3) is 0 Å². The van der Waals surface area contributed by atoms with E-state index in [1.807, 2.05) is 0 Å². The summed E-state index contributed by atoms with van der Waals surface area (Å²) in [6.07, 6.45) is 3.38. The zero-order valence-electron chi connectivity index (χ0n) is 10.5. The number of phenols is 1. The molecular formula is C14H9BrN2O2S2. The molecule has 0 radical (unpaired) electrons. The Morgan fingerprint density at radius 2 is 2.24 bits per heavy atom. The summed E-state index contributed by atoms with van der Waals surface area (Å²) in [6.45, 7) is 0. The summed E-state index contributed by atoms with van der Waals surface area (Å²) in [6, 6.07) is 5.02. The lowest BCUT2D eigenvalue weighted by molar-refractivity contribution is -0.114. The molecule has 1 aromatic heterocycles. The Kier molecular flexibility index (Phi) is 3.97. The monoisotopic (exact) mass is 380 g/mol. The van der Waals surface area contributed by atoms with Gasteiger partial charge in [-0.15, -0.1) is 11.3 Å². The van der Waals surface area contributed by atoms with Gasteiger partial charge in [-0.2, -0.15) is 0 Å². The number of hydrogen-bond acceptors (Lipinski definition) is 6. The second kappa shape index (κ2) is 5.75. The van der Waals surface area contributed by atoms with Crippen LogP contribution in [0.15, 0.2) is 39.2 Å². The lowest BCUT2D eigenvalue weighted by Crippen LogP contribution is -2.11. The molecule has 1 aromatic carbocycles. The molecule has 0 amide bonds. The van der Waals surface area contributed by atoms with E-state index in [9.17, 15) is 9.90 Å². The largest absolute Gasteiger partial charge is 0.507 e. The Labute approximate surface area is 137 Å². The van der Waals surface area contributed by atoms with Crippen molar-refractivity contribution in [2.24, 2.45) is 0 Å². The summed E-state index contributed by atoms with van der Waals surface area (Å²) in [5.41, 5.74) is 0.795. The Morgan fingerprint density at radius 3 is 2.90 bits per heavy atom. The molecule has 2 heterocycles. The molecule has 1 aliphatic rings. The summed E-state index contributed by atoms with van der Waals surface area (Å²) in [7, 11) is 0. The number of carbonyl (C=O) groups excluding carboxylic acids is 1. The number of rotatable bonds is 2. The molecule has 21 heavy (non-hydrogen) atoms. The van der Waals surface area contributed by atoms with E-state index in [2.05, 4.69) is 20.9 Å². The normalized spacial score (nSPS) is 20.4. The van der Waals surface area contributed by atoms with E-state index in [0.717, 1.165) is 5.56 Å². The van der Waals surface area contributed by atoms with Crippen molar-refractivity contribution < 1.29 is 9.90 Å². The van der Waals surface area contributed by atoms with Crippen molar-refractivity contribution in [1.29, 1.82) is 5.41 Å². The highest BCUT2D eigenvalue weighted by molar-refractivity contribution is 9.10. The van der Waals surface area contributed by atoms with E-state index in [0.29, 0.717) is 19.4 Å². The van der Waals surface area contributed by atoms with Crippen molar-refractivity contribution in [3.05, 3.63) is 49.7 Å². The average molecular weight is 381 g/mol. The number of ketones is 1. The lowest BCUT2D eigenvalue weighted by Gasteiger charge is -2.01. The highest BCUT2D eigenvalue weighted by atomic mass is 79.9. The molecule has 3 rings (SSSR count). The highest BCUT2D eigenvalue weighted by Gasteiger charge is 2.38. The quantitative estimate of drug-likeness (QED) is 0.771. The van der Waals surface area contributed by atoms with Crippen LogP contribution >= 0.6 is 39.0 Å². The molecule has 7 heteroatoms. The number of phenolic OH excluding ortho intramolecular Hbond substituents is 1. The Hall–Kier alpha value is -1.44. The van der Waals surface area contributed by atoms with Gasteiger partial charge >= 0.3 is 0 Å². The fraction of sp³-hybridized carbons (Fsp3) is 0.0714. The number of thioether (sulfide) groups is 1. The van der Waals surface area contributed by atoms with E-state index in [1.54, 1.807) is 35.9 Å². The number of nitrogens with one attached hydrogen (secondary N) is 1. The minimum absolute atomic E-state index is 0.0934. The molecule has 0 spiro atoms. The third kappa shape index (κ3) is 2.81. The lowest BCUT2D eigenvalue weighted by atomic mass is 10.1.